The summed E-state index contributed by atoms with van der Waals surface area (Å²) in [6, 6.07) is 0. The van der Waals surface area contributed by atoms with Gasteiger partial charge in [-0.3, -0.25) is 0 Å². The summed E-state index contributed by atoms with van der Waals surface area (Å²) in [4.78, 5) is 14.8. The summed E-state index contributed by atoms with van der Waals surface area (Å²) in [7, 11) is 0. The molecule has 0 saturated carbocycles. The summed E-state index contributed by atoms with van der Waals surface area (Å²) in [6.45, 7) is 3.90. The van der Waals surface area contributed by atoms with E-state index in [1.807, 2.05) is 6.92 Å². The molecule has 1 aromatic heterocycles. The quantitative estimate of drug-likeness (QED) is 0.628. The summed E-state index contributed by atoms with van der Waals surface area (Å²) in [5.74, 6) is -0.104. The Balaban J connectivity index is 2.68. The van der Waals surface area contributed by atoms with Crippen LogP contribution in [0.5, 0.6) is 0 Å². The van der Waals surface area contributed by atoms with Crippen molar-refractivity contribution in [1.29, 1.82) is 0 Å². The Morgan fingerprint density at radius 1 is 1.58 bits per heavy atom. The second-order valence-corrected chi connectivity index (χ2v) is 2.09. The van der Waals surface area contributed by atoms with E-state index in [1.54, 1.807) is 6.92 Å². The maximum absolute atomic E-state index is 11.0. The molecule has 0 radical (unpaired) electrons. The number of ether oxygens (including phenoxy) is 1. The number of nitrogens with zero attached hydrogens (tertiary/aromatic N) is 2. The first kappa shape index (κ1) is 8.70. The van der Waals surface area contributed by atoms with E-state index in [4.69, 9.17) is 4.52 Å². The van der Waals surface area contributed by atoms with Gasteiger partial charge in [0.1, 0.15) is 0 Å². The third kappa shape index (κ3) is 1.81. The monoisotopic (exact) mass is 170 g/mol. The molecule has 1 rings (SSSR count). The smallest absolute Gasteiger partial charge is 0.379 e. The Morgan fingerprint density at radius 3 is 2.83 bits per heavy atom. The Labute approximate surface area is 69.7 Å². The van der Waals surface area contributed by atoms with Gasteiger partial charge in [-0.1, -0.05) is 6.92 Å². The second kappa shape index (κ2) is 3.85. The highest BCUT2D eigenvalue weighted by atomic mass is 16.5. The highest BCUT2D eigenvalue weighted by Crippen LogP contribution is 1.99. The van der Waals surface area contributed by atoms with E-state index in [-0.39, 0.29) is 5.82 Å². The Kier molecular flexibility index (Phi) is 2.79. The van der Waals surface area contributed by atoms with Crippen LogP contribution in [0.1, 0.15) is 30.4 Å². The van der Waals surface area contributed by atoms with Crippen molar-refractivity contribution in [3.05, 3.63) is 11.7 Å². The van der Waals surface area contributed by atoms with Crippen LogP contribution in [0.3, 0.4) is 0 Å². The molecule has 0 saturated heterocycles. The van der Waals surface area contributed by atoms with Crippen molar-refractivity contribution in [2.75, 3.05) is 6.61 Å². The average Bonchev–Trinajstić information content (AvgIpc) is 2.52. The minimum absolute atomic E-state index is 0.00583. The van der Waals surface area contributed by atoms with Gasteiger partial charge in [-0.05, 0) is 12.1 Å². The van der Waals surface area contributed by atoms with Crippen LogP contribution in [0.15, 0.2) is 4.52 Å². The summed E-state index contributed by atoms with van der Waals surface area (Å²) in [5, 5.41) is 3.44. The number of carbonyl (C=O) groups excluding carboxylic acids is 1. The van der Waals surface area contributed by atoms with Gasteiger partial charge in [0.15, 0.2) is 0 Å². The molecule has 12 heavy (non-hydrogen) atoms. The Bertz CT molecular complexity index is 269. The van der Waals surface area contributed by atoms with E-state index in [0.717, 1.165) is 0 Å². The first-order chi connectivity index (χ1) is 5.77. The van der Waals surface area contributed by atoms with Crippen LogP contribution in [-0.4, -0.2) is 22.7 Å². The van der Waals surface area contributed by atoms with Crippen molar-refractivity contribution in [1.82, 2.24) is 10.1 Å². The lowest BCUT2D eigenvalue weighted by atomic mass is 10.5. The molecule has 66 valence electrons. The summed E-state index contributed by atoms with van der Waals surface area (Å²) < 4.78 is 9.38. The molecule has 0 N–H and O–H groups in total. The second-order valence-electron chi connectivity index (χ2n) is 2.09. The molecule has 0 atom stereocenters. The predicted octanol–water partition coefficient (Wildman–Crippen LogP) is 0.809. The molecule has 0 aliphatic carbocycles. The standard InChI is InChI=1S/C7H10N2O3/c1-3-5-8-6(9-12-5)7(10)11-4-2/h3-4H2,1-2H3. The maximum Gasteiger partial charge on any atom is 0.379 e. The van der Waals surface area contributed by atoms with Crippen molar-refractivity contribution in [2.45, 2.75) is 20.3 Å². The van der Waals surface area contributed by atoms with Crippen LogP contribution in [0.4, 0.5) is 0 Å². The van der Waals surface area contributed by atoms with Gasteiger partial charge < -0.3 is 9.26 Å². The number of rotatable bonds is 3. The first-order valence-corrected chi connectivity index (χ1v) is 3.77. The van der Waals surface area contributed by atoms with Gasteiger partial charge in [-0.25, -0.2) is 4.79 Å². The van der Waals surface area contributed by atoms with Gasteiger partial charge in [0.25, 0.3) is 5.82 Å². The fourth-order valence-corrected chi connectivity index (χ4v) is 0.677. The fraction of sp³-hybridized carbons (Fsp3) is 0.571. The van der Waals surface area contributed by atoms with Crippen molar-refractivity contribution in [3.63, 3.8) is 0 Å². The summed E-state index contributed by atoms with van der Waals surface area (Å²) >= 11 is 0. The van der Waals surface area contributed by atoms with Crippen molar-refractivity contribution < 1.29 is 14.1 Å². The first-order valence-electron chi connectivity index (χ1n) is 3.77. The molecule has 0 spiro atoms. The van der Waals surface area contributed by atoms with Gasteiger partial charge in [-0.2, -0.15) is 4.98 Å². The fourth-order valence-electron chi connectivity index (χ4n) is 0.677. The lowest BCUT2D eigenvalue weighted by Gasteiger charge is -1.93. The van der Waals surface area contributed by atoms with E-state index >= 15 is 0 Å². The largest absolute Gasteiger partial charge is 0.460 e. The third-order valence-corrected chi connectivity index (χ3v) is 1.23. The molecule has 1 aromatic rings. The molecule has 0 fully saturated rings. The van der Waals surface area contributed by atoms with E-state index in [9.17, 15) is 4.79 Å². The number of aromatic nitrogens is 2. The van der Waals surface area contributed by atoms with Crippen molar-refractivity contribution >= 4 is 5.97 Å². The average molecular weight is 170 g/mol. The number of hydrogen-bond acceptors (Lipinski definition) is 5. The number of aryl methyl sites for hydroxylation is 1. The van der Waals surface area contributed by atoms with E-state index < -0.39 is 5.97 Å². The number of esters is 1. The molecular weight excluding hydrogens is 160 g/mol. The van der Waals surface area contributed by atoms with Gasteiger partial charge in [0, 0.05) is 6.42 Å². The number of hydrogen-bond donors (Lipinski definition) is 0. The third-order valence-electron chi connectivity index (χ3n) is 1.23. The van der Waals surface area contributed by atoms with Gasteiger partial charge >= 0.3 is 5.97 Å². The molecule has 0 aliphatic heterocycles. The summed E-state index contributed by atoms with van der Waals surface area (Å²) in [6.07, 6.45) is 0.617. The SMILES string of the molecule is CCOC(=O)c1noc(CC)n1. The Morgan fingerprint density at radius 2 is 2.33 bits per heavy atom. The van der Waals surface area contributed by atoms with Gasteiger partial charge in [0.05, 0.1) is 6.61 Å². The lowest BCUT2D eigenvalue weighted by Crippen LogP contribution is -2.06. The van der Waals surface area contributed by atoms with Crippen LogP contribution >= 0.6 is 0 Å². The maximum atomic E-state index is 11.0. The Hall–Kier alpha value is -1.39. The zero-order chi connectivity index (χ0) is 8.97. The van der Waals surface area contributed by atoms with Crippen molar-refractivity contribution in [3.8, 4) is 0 Å². The normalized spacial score (nSPS) is 9.83. The molecule has 0 aliphatic rings. The van der Waals surface area contributed by atoms with Crippen molar-refractivity contribution in [2.24, 2.45) is 0 Å². The van der Waals surface area contributed by atoms with Crippen LogP contribution in [0, 0.1) is 0 Å². The molecule has 1 heterocycles. The van der Waals surface area contributed by atoms with E-state index in [2.05, 4.69) is 14.9 Å². The van der Waals surface area contributed by atoms with Gasteiger partial charge in [0.2, 0.25) is 5.89 Å². The molecule has 0 unspecified atom stereocenters. The van der Waals surface area contributed by atoms with Crippen LogP contribution in [0.25, 0.3) is 0 Å². The van der Waals surface area contributed by atoms with Gasteiger partial charge in [-0.15, -0.1) is 0 Å². The van der Waals surface area contributed by atoms with Crippen LogP contribution in [0.2, 0.25) is 0 Å². The minimum atomic E-state index is -0.541. The summed E-state index contributed by atoms with van der Waals surface area (Å²) in [5.41, 5.74) is 0. The van der Waals surface area contributed by atoms with Crippen LogP contribution in [-0.2, 0) is 11.2 Å². The predicted molar refractivity (Wildman–Crippen MR) is 39.6 cm³/mol. The zero-order valence-electron chi connectivity index (χ0n) is 7.03. The molecule has 0 aromatic carbocycles. The highest BCUT2D eigenvalue weighted by Gasteiger charge is 2.13. The topological polar surface area (TPSA) is 65.2 Å². The number of carbonyl (C=O) groups is 1. The van der Waals surface area contributed by atoms with E-state index in [0.29, 0.717) is 18.9 Å². The molecule has 5 heteroatoms. The lowest BCUT2D eigenvalue weighted by molar-refractivity contribution is 0.0508. The highest BCUT2D eigenvalue weighted by molar-refractivity contribution is 5.84. The minimum Gasteiger partial charge on any atom is -0.460 e. The zero-order valence-corrected chi connectivity index (χ0v) is 7.03. The van der Waals surface area contributed by atoms with E-state index in [1.165, 1.54) is 0 Å². The molecular formula is C7H10N2O3. The molecule has 0 amide bonds. The van der Waals surface area contributed by atoms with Crippen LogP contribution < -0.4 is 0 Å². The molecule has 5 nitrogen and oxygen atoms in total. The molecule has 0 bridgehead atoms.